The fourth-order valence-corrected chi connectivity index (χ4v) is 4.43. The molecule has 1 atom stereocenters. The second-order valence-electron chi connectivity index (χ2n) is 8.22. The number of carbonyl (C=O) groups excluding carboxylic acids is 2. The highest BCUT2D eigenvalue weighted by Crippen LogP contribution is 2.45. The molecule has 166 valence electrons. The number of carbonyl (C=O) groups is 2. The summed E-state index contributed by atoms with van der Waals surface area (Å²) in [6, 6.07) is 12.5. The van der Waals surface area contributed by atoms with Crippen LogP contribution in [-0.2, 0) is 16.0 Å². The second-order valence-corrected chi connectivity index (χ2v) is 8.22. The maximum atomic E-state index is 13.2. The molecule has 1 amide bonds. The Balaban J connectivity index is 1.71. The molecule has 2 aromatic carbocycles. The standard InChI is InChI=1S/C26H22N2O5/c1-15-4-6-20(29)19(13-15)28-23(16-8-10-27-11-9-16)22(25(31)26(28)32)24(30)18-5-7-21-17(14-18)3-2-12-33-21/h4-11,13-14,23,29-30H,2-3,12H2,1H3/b24-22-. The van der Waals surface area contributed by atoms with Crippen LogP contribution in [0.1, 0.15) is 34.7 Å². The quantitative estimate of drug-likeness (QED) is 0.361. The van der Waals surface area contributed by atoms with Gasteiger partial charge in [-0.05, 0) is 78.9 Å². The van der Waals surface area contributed by atoms with E-state index in [1.54, 1.807) is 54.9 Å². The summed E-state index contributed by atoms with van der Waals surface area (Å²) in [6.07, 6.45) is 4.78. The molecule has 2 aliphatic rings. The molecule has 1 unspecified atom stereocenters. The molecule has 0 spiro atoms. The van der Waals surface area contributed by atoms with Gasteiger partial charge in [0.05, 0.1) is 23.9 Å². The van der Waals surface area contributed by atoms with Crippen molar-refractivity contribution in [2.24, 2.45) is 0 Å². The molecule has 1 saturated heterocycles. The third-order valence-corrected chi connectivity index (χ3v) is 6.04. The van der Waals surface area contributed by atoms with Crippen LogP contribution in [-0.4, -0.2) is 33.5 Å². The number of ketones is 1. The van der Waals surface area contributed by atoms with E-state index >= 15 is 0 Å². The van der Waals surface area contributed by atoms with Gasteiger partial charge in [0, 0.05) is 18.0 Å². The first-order valence-corrected chi connectivity index (χ1v) is 10.7. The largest absolute Gasteiger partial charge is 0.507 e. The number of hydrogen-bond donors (Lipinski definition) is 2. The number of aliphatic hydroxyl groups excluding tert-OH is 1. The minimum Gasteiger partial charge on any atom is -0.507 e. The number of nitrogens with zero attached hydrogens (tertiary/aromatic N) is 2. The van der Waals surface area contributed by atoms with E-state index < -0.39 is 17.7 Å². The fraction of sp³-hybridized carbons (Fsp3) is 0.192. The number of hydrogen-bond acceptors (Lipinski definition) is 6. The number of ether oxygens (including phenoxy) is 1. The summed E-state index contributed by atoms with van der Waals surface area (Å²) in [5, 5.41) is 21.8. The maximum absolute atomic E-state index is 13.2. The Hall–Kier alpha value is -4.13. The number of pyridine rings is 1. The van der Waals surface area contributed by atoms with Gasteiger partial charge in [0.15, 0.2) is 0 Å². The monoisotopic (exact) mass is 442 g/mol. The molecule has 0 bridgehead atoms. The number of amides is 1. The van der Waals surface area contributed by atoms with Gasteiger partial charge in [0.2, 0.25) is 0 Å². The Kier molecular flexibility index (Phi) is 5.09. The number of aliphatic hydroxyl groups is 1. The second kappa shape index (κ2) is 8.09. The van der Waals surface area contributed by atoms with E-state index in [0.717, 1.165) is 29.7 Å². The van der Waals surface area contributed by atoms with Crippen LogP contribution in [0.25, 0.3) is 5.76 Å². The van der Waals surface area contributed by atoms with Gasteiger partial charge in [-0.3, -0.25) is 19.5 Å². The molecule has 5 rings (SSSR count). The molecule has 0 aliphatic carbocycles. The number of fused-ring (bicyclic) bond motifs is 1. The summed E-state index contributed by atoms with van der Waals surface area (Å²) >= 11 is 0. The number of phenolic OH excluding ortho intramolecular Hbond substituents is 1. The number of anilines is 1. The first-order valence-electron chi connectivity index (χ1n) is 10.7. The van der Waals surface area contributed by atoms with Crippen molar-refractivity contribution in [3.63, 3.8) is 0 Å². The first-order chi connectivity index (χ1) is 16.0. The SMILES string of the molecule is Cc1ccc(O)c(N2C(=O)C(=O)/C(=C(\O)c3ccc4c(c3)CCCO4)C2c2ccncc2)c1. The van der Waals surface area contributed by atoms with E-state index in [1.807, 2.05) is 6.92 Å². The van der Waals surface area contributed by atoms with Crippen molar-refractivity contribution in [1.29, 1.82) is 0 Å². The highest BCUT2D eigenvalue weighted by atomic mass is 16.5. The highest BCUT2D eigenvalue weighted by molar-refractivity contribution is 6.51. The van der Waals surface area contributed by atoms with E-state index in [0.29, 0.717) is 17.7 Å². The van der Waals surface area contributed by atoms with Crippen LogP contribution in [0.4, 0.5) is 5.69 Å². The molecule has 3 aromatic rings. The Morgan fingerprint density at radius 3 is 2.67 bits per heavy atom. The normalized spacial score (nSPS) is 19.3. The molecular weight excluding hydrogens is 420 g/mol. The van der Waals surface area contributed by atoms with Gasteiger partial charge in [0.25, 0.3) is 11.7 Å². The Morgan fingerprint density at radius 2 is 1.88 bits per heavy atom. The van der Waals surface area contributed by atoms with E-state index in [4.69, 9.17) is 4.74 Å². The average Bonchev–Trinajstić information content (AvgIpc) is 3.10. The van der Waals surface area contributed by atoms with Crippen molar-refractivity contribution >= 4 is 23.1 Å². The van der Waals surface area contributed by atoms with Crippen molar-refractivity contribution in [2.75, 3.05) is 11.5 Å². The minimum absolute atomic E-state index is 0.0382. The Labute approximate surface area is 190 Å². The summed E-state index contributed by atoms with van der Waals surface area (Å²) in [5.74, 6) is -1.27. The van der Waals surface area contributed by atoms with Crippen LogP contribution in [0, 0.1) is 6.92 Å². The summed E-state index contributed by atoms with van der Waals surface area (Å²) in [5.41, 5.74) is 2.95. The van der Waals surface area contributed by atoms with E-state index in [9.17, 15) is 19.8 Å². The summed E-state index contributed by atoms with van der Waals surface area (Å²) in [4.78, 5) is 31.7. The highest BCUT2D eigenvalue weighted by Gasteiger charge is 2.47. The molecular formula is C26H22N2O5. The molecule has 33 heavy (non-hydrogen) atoms. The number of aryl methyl sites for hydroxylation is 2. The van der Waals surface area contributed by atoms with Crippen LogP contribution >= 0.6 is 0 Å². The predicted molar refractivity (Wildman–Crippen MR) is 122 cm³/mol. The lowest BCUT2D eigenvalue weighted by atomic mass is 9.94. The fourth-order valence-electron chi connectivity index (χ4n) is 4.43. The molecule has 0 radical (unpaired) electrons. The van der Waals surface area contributed by atoms with Crippen LogP contribution in [0.5, 0.6) is 11.5 Å². The molecule has 7 heteroatoms. The van der Waals surface area contributed by atoms with Crippen molar-refractivity contribution in [2.45, 2.75) is 25.8 Å². The van der Waals surface area contributed by atoms with E-state index in [2.05, 4.69) is 4.98 Å². The molecule has 1 fully saturated rings. The van der Waals surface area contributed by atoms with Gasteiger partial charge >= 0.3 is 0 Å². The molecule has 2 N–H and O–H groups in total. The van der Waals surface area contributed by atoms with Crippen LogP contribution < -0.4 is 9.64 Å². The van der Waals surface area contributed by atoms with Gasteiger partial charge in [0.1, 0.15) is 17.3 Å². The molecule has 2 aliphatic heterocycles. The Morgan fingerprint density at radius 1 is 1.09 bits per heavy atom. The zero-order valence-corrected chi connectivity index (χ0v) is 18.0. The molecule has 0 saturated carbocycles. The smallest absolute Gasteiger partial charge is 0.300 e. The van der Waals surface area contributed by atoms with Crippen molar-refractivity contribution in [1.82, 2.24) is 4.98 Å². The zero-order chi connectivity index (χ0) is 23.1. The lowest BCUT2D eigenvalue weighted by Crippen LogP contribution is -2.29. The zero-order valence-electron chi connectivity index (χ0n) is 18.0. The number of aromatic hydroxyl groups is 1. The number of Topliss-reactive ketones (excluding diaryl/α,β-unsaturated/α-hetero) is 1. The van der Waals surface area contributed by atoms with Crippen molar-refractivity contribution < 1.29 is 24.5 Å². The lowest BCUT2D eigenvalue weighted by molar-refractivity contribution is -0.132. The predicted octanol–water partition coefficient (Wildman–Crippen LogP) is 4.05. The summed E-state index contributed by atoms with van der Waals surface area (Å²) < 4.78 is 5.65. The minimum atomic E-state index is -0.923. The average molecular weight is 442 g/mol. The third-order valence-electron chi connectivity index (χ3n) is 6.04. The van der Waals surface area contributed by atoms with Crippen molar-refractivity contribution in [3.05, 3.63) is 88.8 Å². The van der Waals surface area contributed by atoms with Crippen LogP contribution in [0.2, 0.25) is 0 Å². The number of rotatable bonds is 3. The molecule has 3 heterocycles. The van der Waals surface area contributed by atoms with Crippen LogP contribution in [0.3, 0.4) is 0 Å². The van der Waals surface area contributed by atoms with Gasteiger partial charge in [-0.15, -0.1) is 0 Å². The Bertz CT molecular complexity index is 1300. The molecule has 7 nitrogen and oxygen atoms in total. The number of aromatic nitrogens is 1. The summed E-state index contributed by atoms with van der Waals surface area (Å²) in [7, 11) is 0. The summed E-state index contributed by atoms with van der Waals surface area (Å²) in [6.45, 7) is 2.47. The molecule has 1 aromatic heterocycles. The lowest BCUT2D eigenvalue weighted by Gasteiger charge is -2.26. The van der Waals surface area contributed by atoms with E-state index in [-0.39, 0.29) is 22.8 Å². The van der Waals surface area contributed by atoms with E-state index in [1.165, 1.54) is 11.0 Å². The van der Waals surface area contributed by atoms with Gasteiger partial charge in [-0.25, -0.2) is 0 Å². The first kappa shape index (κ1) is 20.8. The number of benzene rings is 2. The third kappa shape index (κ3) is 3.51. The van der Waals surface area contributed by atoms with Gasteiger partial charge in [-0.1, -0.05) is 6.07 Å². The van der Waals surface area contributed by atoms with Gasteiger partial charge in [-0.2, -0.15) is 0 Å². The maximum Gasteiger partial charge on any atom is 0.300 e. The topological polar surface area (TPSA) is 100.0 Å². The van der Waals surface area contributed by atoms with Gasteiger partial charge < -0.3 is 14.9 Å². The van der Waals surface area contributed by atoms with Crippen molar-refractivity contribution in [3.8, 4) is 11.5 Å². The number of phenols is 1. The van der Waals surface area contributed by atoms with Crippen LogP contribution in [0.15, 0.2) is 66.5 Å².